The minimum Gasteiger partial charge on any atom is -0.383 e. The van der Waals surface area contributed by atoms with Crippen molar-refractivity contribution in [1.82, 2.24) is 10.2 Å². The lowest BCUT2D eigenvalue weighted by atomic mass is 9.80. The van der Waals surface area contributed by atoms with Crippen molar-refractivity contribution in [3.63, 3.8) is 0 Å². The Balaban J connectivity index is 2.53. The second kappa shape index (κ2) is 5.83. The van der Waals surface area contributed by atoms with Crippen molar-refractivity contribution in [1.29, 1.82) is 0 Å². The summed E-state index contributed by atoms with van der Waals surface area (Å²) >= 11 is 0. The molecule has 0 aliphatic carbocycles. The van der Waals surface area contributed by atoms with Gasteiger partial charge in [-0.15, -0.1) is 0 Å². The van der Waals surface area contributed by atoms with E-state index in [4.69, 9.17) is 4.74 Å². The fourth-order valence-corrected chi connectivity index (χ4v) is 2.22. The van der Waals surface area contributed by atoms with Gasteiger partial charge in [-0.2, -0.15) is 0 Å². The molecule has 1 rings (SSSR count). The van der Waals surface area contributed by atoms with Crippen LogP contribution in [0.25, 0.3) is 0 Å². The standard InChI is InChI=1S/C13H26N2O2/c1-13(2,3)10-6-12(16)15(7-10)8-11(14-4)9-17-5/h10-11,14H,6-9H2,1-5H3. The first-order valence-electron chi connectivity index (χ1n) is 6.32. The molecule has 4 heteroatoms. The molecule has 0 aromatic carbocycles. The van der Waals surface area contributed by atoms with Crippen LogP contribution >= 0.6 is 0 Å². The van der Waals surface area contributed by atoms with E-state index in [-0.39, 0.29) is 17.4 Å². The first-order chi connectivity index (χ1) is 7.88. The molecule has 1 fully saturated rings. The summed E-state index contributed by atoms with van der Waals surface area (Å²) in [5.41, 5.74) is 0.209. The molecule has 0 aromatic rings. The van der Waals surface area contributed by atoms with Crippen LogP contribution in [0.15, 0.2) is 0 Å². The van der Waals surface area contributed by atoms with E-state index in [1.807, 2.05) is 11.9 Å². The number of ether oxygens (including phenoxy) is 1. The van der Waals surface area contributed by atoms with E-state index in [2.05, 4.69) is 26.1 Å². The Morgan fingerprint density at radius 2 is 2.18 bits per heavy atom. The predicted molar refractivity (Wildman–Crippen MR) is 68.9 cm³/mol. The van der Waals surface area contributed by atoms with Crippen LogP contribution in [0, 0.1) is 11.3 Å². The van der Waals surface area contributed by atoms with E-state index in [1.165, 1.54) is 0 Å². The van der Waals surface area contributed by atoms with Crippen LogP contribution < -0.4 is 5.32 Å². The van der Waals surface area contributed by atoms with Gasteiger partial charge in [0.05, 0.1) is 6.61 Å². The third kappa shape index (κ3) is 3.96. The third-order valence-electron chi connectivity index (χ3n) is 3.66. The second-order valence-electron chi connectivity index (χ2n) is 6.01. The lowest BCUT2D eigenvalue weighted by Crippen LogP contribution is -2.43. The van der Waals surface area contributed by atoms with E-state index in [0.29, 0.717) is 18.9 Å². The molecule has 0 saturated carbocycles. The van der Waals surface area contributed by atoms with E-state index < -0.39 is 0 Å². The summed E-state index contributed by atoms with van der Waals surface area (Å²) in [7, 11) is 3.60. The fraction of sp³-hybridized carbons (Fsp3) is 0.923. The van der Waals surface area contributed by atoms with Crippen LogP contribution in [0.3, 0.4) is 0 Å². The Morgan fingerprint density at radius 1 is 1.53 bits per heavy atom. The van der Waals surface area contributed by atoms with Gasteiger partial charge in [-0.05, 0) is 18.4 Å². The summed E-state index contributed by atoms with van der Waals surface area (Å²) in [5, 5.41) is 3.19. The van der Waals surface area contributed by atoms with E-state index in [0.717, 1.165) is 13.1 Å². The molecule has 100 valence electrons. The topological polar surface area (TPSA) is 41.6 Å². The van der Waals surface area contributed by atoms with Crippen molar-refractivity contribution in [2.45, 2.75) is 33.2 Å². The van der Waals surface area contributed by atoms with Crippen molar-refractivity contribution in [3.8, 4) is 0 Å². The monoisotopic (exact) mass is 242 g/mol. The number of hydrogen-bond donors (Lipinski definition) is 1. The number of hydrogen-bond acceptors (Lipinski definition) is 3. The van der Waals surface area contributed by atoms with Gasteiger partial charge in [0.1, 0.15) is 0 Å². The van der Waals surface area contributed by atoms with Gasteiger partial charge in [0.15, 0.2) is 0 Å². The molecule has 0 spiro atoms. The van der Waals surface area contributed by atoms with Crippen molar-refractivity contribution < 1.29 is 9.53 Å². The Kier molecular flexibility index (Phi) is 4.95. The van der Waals surface area contributed by atoms with Crippen LogP contribution in [-0.2, 0) is 9.53 Å². The molecular formula is C13H26N2O2. The number of likely N-dealkylation sites (tertiary alicyclic amines) is 1. The minimum absolute atomic E-state index is 0.209. The van der Waals surface area contributed by atoms with Gasteiger partial charge in [0.25, 0.3) is 0 Å². The summed E-state index contributed by atoms with van der Waals surface area (Å²) in [6.45, 7) is 8.89. The highest BCUT2D eigenvalue weighted by molar-refractivity contribution is 5.78. The first kappa shape index (κ1) is 14.5. The lowest BCUT2D eigenvalue weighted by Gasteiger charge is -2.28. The zero-order chi connectivity index (χ0) is 13.1. The van der Waals surface area contributed by atoms with Crippen molar-refractivity contribution in [2.24, 2.45) is 11.3 Å². The van der Waals surface area contributed by atoms with Crippen LogP contribution in [-0.4, -0.2) is 50.7 Å². The zero-order valence-electron chi connectivity index (χ0n) is 11.7. The average Bonchev–Trinajstić information content (AvgIpc) is 2.59. The third-order valence-corrected chi connectivity index (χ3v) is 3.66. The summed E-state index contributed by atoms with van der Waals surface area (Å²) < 4.78 is 5.13. The first-order valence-corrected chi connectivity index (χ1v) is 6.32. The minimum atomic E-state index is 0.209. The fourth-order valence-electron chi connectivity index (χ4n) is 2.22. The number of carbonyl (C=O) groups is 1. The number of nitrogens with one attached hydrogen (secondary N) is 1. The molecule has 2 atom stereocenters. The second-order valence-corrected chi connectivity index (χ2v) is 6.01. The van der Waals surface area contributed by atoms with Gasteiger partial charge in [0, 0.05) is 32.7 Å². The summed E-state index contributed by atoms with van der Waals surface area (Å²) in [5.74, 6) is 0.747. The molecule has 17 heavy (non-hydrogen) atoms. The number of amides is 1. The highest BCUT2D eigenvalue weighted by Crippen LogP contribution is 2.34. The van der Waals surface area contributed by atoms with Gasteiger partial charge in [-0.25, -0.2) is 0 Å². The molecule has 1 amide bonds. The summed E-state index contributed by atoms with van der Waals surface area (Å²) in [6, 6.07) is 0.225. The highest BCUT2D eigenvalue weighted by atomic mass is 16.5. The quantitative estimate of drug-likeness (QED) is 0.785. The van der Waals surface area contributed by atoms with Crippen LogP contribution in [0.1, 0.15) is 27.2 Å². The van der Waals surface area contributed by atoms with Crippen LogP contribution in [0.2, 0.25) is 0 Å². The summed E-state index contributed by atoms with van der Waals surface area (Å²) in [4.78, 5) is 13.9. The number of likely N-dealkylation sites (N-methyl/N-ethyl adjacent to an activating group) is 1. The molecule has 1 heterocycles. The summed E-state index contributed by atoms with van der Waals surface area (Å²) in [6.07, 6.45) is 0.687. The molecule has 4 nitrogen and oxygen atoms in total. The Bertz CT molecular complexity index is 261. The molecule has 0 aromatic heterocycles. The lowest BCUT2D eigenvalue weighted by molar-refractivity contribution is -0.128. The van der Waals surface area contributed by atoms with Gasteiger partial charge in [-0.1, -0.05) is 20.8 Å². The van der Waals surface area contributed by atoms with Crippen LogP contribution in [0.4, 0.5) is 0 Å². The molecule has 1 aliphatic rings. The average molecular weight is 242 g/mol. The number of rotatable bonds is 5. The zero-order valence-corrected chi connectivity index (χ0v) is 11.7. The van der Waals surface area contributed by atoms with Gasteiger partial charge in [-0.3, -0.25) is 4.79 Å². The Morgan fingerprint density at radius 3 is 2.59 bits per heavy atom. The molecule has 2 unspecified atom stereocenters. The molecule has 0 radical (unpaired) electrons. The van der Waals surface area contributed by atoms with Gasteiger partial charge in [0.2, 0.25) is 5.91 Å². The molecule has 1 saturated heterocycles. The Hall–Kier alpha value is -0.610. The van der Waals surface area contributed by atoms with Crippen LogP contribution in [0.5, 0.6) is 0 Å². The smallest absolute Gasteiger partial charge is 0.222 e. The Labute approximate surface area is 105 Å². The molecule has 1 N–H and O–H groups in total. The SMILES string of the molecule is CNC(COC)CN1CC(C(C)(C)C)CC1=O. The van der Waals surface area contributed by atoms with E-state index >= 15 is 0 Å². The van der Waals surface area contributed by atoms with E-state index in [1.54, 1.807) is 7.11 Å². The largest absolute Gasteiger partial charge is 0.383 e. The maximum Gasteiger partial charge on any atom is 0.222 e. The van der Waals surface area contributed by atoms with Crippen molar-refractivity contribution in [2.75, 3.05) is 33.9 Å². The van der Waals surface area contributed by atoms with E-state index in [9.17, 15) is 4.79 Å². The molecule has 0 bridgehead atoms. The highest BCUT2D eigenvalue weighted by Gasteiger charge is 2.37. The van der Waals surface area contributed by atoms with Gasteiger partial charge < -0.3 is 15.0 Å². The maximum atomic E-state index is 11.9. The number of nitrogens with zero attached hydrogens (tertiary/aromatic N) is 1. The maximum absolute atomic E-state index is 11.9. The van der Waals surface area contributed by atoms with Crippen molar-refractivity contribution >= 4 is 5.91 Å². The normalized spacial score (nSPS) is 23.2. The number of carbonyl (C=O) groups excluding carboxylic acids is 1. The number of methoxy groups -OCH3 is 1. The van der Waals surface area contributed by atoms with Gasteiger partial charge >= 0.3 is 0 Å². The molecular weight excluding hydrogens is 216 g/mol. The predicted octanol–water partition coefficient (Wildman–Crippen LogP) is 1.12. The molecule has 1 aliphatic heterocycles. The van der Waals surface area contributed by atoms with Crippen molar-refractivity contribution in [3.05, 3.63) is 0 Å².